The number of carbonyl (C=O) groups excluding carboxylic acids is 2. The van der Waals surface area contributed by atoms with Crippen molar-refractivity contribution in [3.63, 3.8) is 0 Å². The first-order chi connectivity index (χ1) is 13.1. The van der Waals surface area contributed by atoms with E-state index in [1.165, 1.54) is 37.0 Å². The summed E-state index contributed by atoms with van der Waals surface area (Å²) in [7, 11) is 0. The molecule has 1 saturated carbocycles. The summed E-state index contributed by atoms with van der Waals surface area (Å²) in [5.41, 5.74) is 1.70. The lowest BCUT2D eigenvalue weighted by atomic mass is 9.94. The summed E-state index contributed by atoms with van der Waals surface area (Å²) in [5.74, 6) is -0.321. The summed E-state index contributed by atoms with van der Waals surface area (Å²) in [6.07, 6.45) is 10.3. The molecule has 1 aromatic heterocycles. The Hall–Kier alpha value is -1.40. The predicted octanol–water partition coefficient (Wildman–Crippen LogP) is 4.40. The molecule has 6 heteroatoms. The molecule has 0 radical (unpaired) electrons. The second-order valence-corrected chi connectivity index (χ2v) is 8.64. The van der Waals surface area contributed by atoms with Crippen LogP contribution in [-0.4, -0.2) is 42.5 Å². The highest BCUT2D eigenvalue weighted by atomic mass is 32.1. The molecular weight excluding hydrogens is 360 g/mol. The summed E-state index contributed by atoms with van der Waals surface area (Å²) < 4.78 is 5.28. The Balaban J connectivity index is 1.72. The van der Waals surface area contributed by atoms with Gasteiger partial charge in [-0.05, 0) is 57.6 Å². The number of hydrogen-bond donors (Lipinski definition) is 1. The number of anilines is 1. The normalized spacial score (nSPS) is 17.6. The van der Waals surface area contributed by atoms with Gasteiger partial charge < -0.3 is 10.1 Å². The molecule has 0 atom stereocenters. The lowest BCUT2D eigenvalue weighted by Gasteiger charge is -2.32. The van der Waals surface area contributed by atoms with Crippen molar-refractivity contribution in [3.8, 4) is 0 Å². The average Bonchev–Trinajstić information content (AvgIpc) is 3.04. The van der Waals surface area contributed by atoms with Crippen LogP contribution in [0.15, 0.2) is 0 Å². The van der Waals surface area contributed by atoms with E-state index in [1.807, 2.05) is 6.92 Å². The fourth-order valence-corrected chi connectivity index (χ4v) is 5.66. The second-order valence-electron chi connectivity index (χ2n) is 7.54. The first-order valence-corrected chi connectivity index (χ1v) is 11.3. The van der Waals surface area contributed by atoms with Gasteiger partial charge in [0.15, 0.2) is 0 Å². The number of ether oxygens (including phenoxy) is 1. The molecule has 5 nitrogen and oxygen atoms in total. The standard InChI is InChI=1S/C21H32N2O3S/c1-3-23(15-10-6-5-7-11-15)14-18(24)22-20-19(21(25)26-4-2)16-12-8-9-13-17(16)27-20/h15H,3-14H2,1-2H3,(H,22,24). The molecule has 0 saturated heterocycles. The number of fused-ring (bicyclic) bond motifs is 1. The Morgan fingerprint density at radius 2 is 1.85 bits per heavy atom. The molecule has 3 rings (SSSR count). The first-order valence-electron chi connectivity index (χ1n) is 10.5. The fraction of sp³-hybridized carbons (Fsp3) is 0.714. The van der Waals surface area contributed by atoms with E-state index in [9.17, 15) is 9.59 Å². The van der Waals surface area contributed by atoms with Crippen molar-refractivity contribution in [2.75, 3.05) is 25.0 Å². The summed E-state index contributed by atoms with van der Waals surface area (Å²) >= 11 is 1.56. The van der Waals surface area contributed by atoms with Crippen LogP contribution >= 0.6 is 11.3 Å². The van der Waals surface area contributed by atoms with E-state index in [-0.39, 0.29) is 11.9 Å². The van der Waals surface area contributed by atoms with Gasteiger partial charge in [-0.15, -0.1) is 11.3 Å². The molecule has 150 valence electrons. The minimum atomic E-state index is -0.299. The summed E-state index contributed by atoms with van der Waals surface area (Å²) in [6, 6.07) is 0.510. The summed E-state index contributed by atoms with van der Waals surface area (Å²) in [4.78, 5) is 28.8. The summed E-state index contributed by atoms with van der Waals surface area (Å²) in [6.45, 7) is 5.56. The van der Waals surface area contributed by atoms with E-state index >= 15 is 0 Å². The topological polar surface area (TPSA) is 58.6 Å². The van der Waals surface area contributed by atoms with Gasteiger partial charge in [-0.3, -0.25) is 9.69 Å². The predicted molar refractivity (Wildman–Crippen MR) is 110 cm³/mol. The van der Waals surface area contributed by atoms with Crippen LogP contribution in [0.25, 0.3) is 0 Å². The van der Waals surface area contributed by atoms with Crippen molar-refractivity contribution in [1.29, 1.82) is 0 Å². The van der Waals surface area contributed by atoms with Gasteiger partial charge in [0.25, 0.3) is 0 Å². The molecule has 0 bridgehead atoms. The molecule has 1 aromatic rings. The molecule has 0 spiro atoms. The Labute approximate surface area is 166 Å². The lowest BCUT2D eigenvalue weighted by Crippen LogP contribution is -2.41. The number of carbonyl (C=O) groups is 2. The number of rotatable bonds is 7. The molecule has 27 heavy (non-hydrogen) atoms. The van der Waals surface area contributed by atoms with E-state index in [0.717, 1.165) is 37.8 Å². The van der Waals surface area contributed by atoms with Crippen LogP contribution in [-0.2, 0) is 22.4 Å². The third kappa shape index (κ3) is 4.91. The van der Waals surface area contributed by atoms with Crippen LogP contribution in [0.5, 0.6) is 0 Å². The molecule has 2 aliphatic rings. The van der Waals surface area contributed by atoms with Crippen LogP contribution in [0.4, 0.5) is 5.00 Å². The van der Waals surface area contributed by atoms with E-state index < -0.39 is 0 Å². The number of nitrogens with zero attached hydrogens (tertiary/aromatic N) is 1. The highest BCUT2D eigenvalue weighted by Gasteiger charge is 2.28. The quantitative estimate of drug-likeness (QED) is 0.699. The van der Waals surface area contributed by atoms with Gasteiger partial charge in [-0.1, -0.05) is 26.2 Å². The fourth-order valence-electron chi connectivity index (χ4n) is 4.37. The minimum absolute atomic E-state index is 0.0217. The number of thiophene rings is 1. The number of aryl methyl sites for hydroxylation is 1. The first kappa shape index (κ1) is 20.3. The number of nitrogens with one attached hydrogen (secondary N) is 1. The van der Waals surface area contributed by atoms with Crippen molar-refractivity contribution in [2.24, 2.45) is 0 Å². The van der Waals surface area contributed by atoms with Crippen LogP contribution < -0.4 is 5.32 Å². The Morgan fingerprint density at radius 3 is 2.56 bits per heavy atom. The van der Waals surface area contributed by atoms with Crippen LogP contribution in [0.2, 0.25) is 0 Å². The third-order valence-electron chi connectivity index (χ3n) is 5.75. The Morgan fingerprint density at radius 1 is 1.11 bits per heavy atom. The van der Waals surface area contributed by atoms with Gasteiger partial charge in [0.05, 0.1) is 18.7 Å². The van der Waals surface area contributed by atoms with Gasteiger partial charge in [0.2, 0.25) is 5.91 Å². The molecule has 0 aliphatic heterocycles. The maximum Gasteiger partial charge on any atom is 0.341 e. The second kappa shape index (κ2) is 9.69. The van der Waals surface area contributed by atoms with Crippen molar-refractivity contribution in [3.05, 3.63) is 16.0 Å². The van der Waals surface area contributed by atoms with Crippen molar-refractivity contribution in [1.82, 2.24) is 4.90 Å². The molecular formula is C21H32N2O3S. The van der Waals surface area contributed by atoms with Crippen molar-refractivity contribution < 1.29 is 14.3 Å². The maximum atomic E-state index is 12.8. The zero-order valence-electron chi connectivity index (χ0n) is 16.6. The molecule has 2 aliphatic carbocycles. The van der Waals surface area contributed by atoms with Crippen molar-refractivity contribution in [2.45, 2.75) is 77.7 Å². The molecule has 1 N–H and O–H groups in total. The molecule has 0 unspecified atom stereocenters. The van der Waals surface area contributed by atoms with E-state index in [2.05, 4.69) is 17.1 Å². The SMILES string of the molecule is CCOC(=O)c1c(NC(=O)CN(CC)C2CCCCC2)sc2c1CCCC2. The maximum absolute atomic E-state index is 12.8. The van der Waals surface area contributed by atoms with E-state index in [4.69, 9.17) is 4.74 Å². The van der Waals surface area contributed by atoms with Gasteiger partial charge in [0.1, 0.15) is 5.00 Å². The Kier molecular flexibility index (Phi) is 7.30. The molecule has 0 aromatic carbocycles. The number of amides is 1. The van der Waals surface area contributed by atoms with Gasteiger partial charge in [-0.2, -0.15) is 0 Å². The molecule has 1 amide bonds. The largest absolute Gasteiger partial charge is 0.462 e. The van der Waals surface area contributed by atoms with E-state index in [0.29, 0.717) is 29.8 Å². The van der Waals surface area contributed by atoms with Crippen LogP contribution in [0.3, 0.4) is 0 Å². The molecule has 1 fully saturated rings. The van der Waals surface area contributed by atoms with Gasteiger partial charge in [-0.25, -0.2) is 4.79 Å². The van der Waals surface area contributed by atoms with Crippen LogP contribution in [0.1, 0.15) is 79.6 Å². The number of esters is 1. The van der Waals surface area contributed by atoms with Crippen LogP contribution in [0, 0.1) is 0 Å². The highest BCUT2D eigenvalue weighted by Crippen LogP contribution is 2.38. The number of likely N-dealkylation sites (N-methyl/N-ethyl adjacent to an activating group) is 1. The van der Waals surface area contributed by atoms with Gasteiger partial charge in [0, 0.05) is 10.9 Å². The minimum Gasteiger partial charge on any atom is -0.462 e. The van der Waals surface area contributed by atoms with Gasteiger partial charge >= 0.3 is 5.97 Å². The third-order valence-corrected chi connectivity index (χ3v) is 6.96. The molecule has 1 heterocycles. The highest BCUT2D eigenvalue weighted by molar-refractivity contribution is 7.17. The monoisotopic (exact) mass is 392 g/mol. The Bertz CT molecular complexity index is 665. The summed E-state index contributed by atoms with van der Waals surface area (Å²) in [5, 5.41) is 3.73. The van der Waals surface area contributed by atoms with E-state index in [1.54, 1.807) is 11.3 Å². The zero-order chi connectivity index (χ0) is 19.2. The smallest absolute Gasteiger partial charge is 0.341 e. The lowest BCUT2D eigenvalue weighted by molar-refractivity contribution is -0.118. The van der Waals surface area contributed by atoms with Crippen molar-refractivity contribution >= 4 is 28.2 Å². The number of hydrogen-bond acceptors (Lipinski definition) is 5. The average molecular weight is 393 g/mol. The zero-order valence-corrected chi connectivity index (χ0v) is 17.5.